The number of ether oxygens (including phenoxy) is 4. The fourth-order valence-electron chi connectivity index (χ4n) is 8.95. The van der Waals surface area contributed by atoms with Crippen LogP contribution < -0.4 is 20.1 Å². The van der Waals surface area contributed by atoms with Gasteiger partial charge < -0.3 is 39.2 Å². The highest BCUT2D eigenvalue weighted by atomic mass is 79.9. The molecule has 7 rings (SSSR count). The first-order chi connectivity index (χ1) is 35.9. The van der Waals surface area contributed by atoms with E-state index in [9.17, 15) is 26.7 Å². The number of rotatable bonds is 27. The van der Waals surface area contributed by atoms with Crippen LogP contribution in [0.15, 0.2) is 105 Å². The second-order valence-corrected chi connectivity index (χ2v) is 24.3. The molecule has 16 nitrogen and oxygen atoms in total. The maximum absolute atomic E-state index is 13.0. The number of fused-ring (bicyclic) bond motifs is 2. The molecule has 0 radical (unpaired) electrons. The number of nitrogens with zero attached hydrogens (tertiary/aromatic N) is 2. The van der Waals surface area contributed by atoms with Gasteiger partial charge in [0.15, 0.2) is 0 Å². The van der Waals surface area contributed by atoms with E-state index in [1.807, 2.05) is 50.5 Å². The summed E-state index contributed by atoms with van der Waals surface area (Å²) in [6.45, 7) is 5.27. The lowest BCUT2D eigenvalue weighted by molar-refractivity contribution is 0.0446. The Labute approximate surface area is 467 Å². The SMILES string of the molecule is CN1Cc2c(Cl)cc(Cl)cc2C(c2ccc(S(=O)(=O)NCCOCCOCCNC(=O)c3cc(Br)cc(C(O)NCCOCCOCCNS(=O)(=O)c4ccc(C5CN(C)Cc6c(Cl)cc(Cl)cc65)cc4)c3)cc2)C1. The molecule has 0 aromatic heterocycles. The molecule has 0 bridgehead atoms. The highest BCUT2D eigenvalue weighted by Crippen LogP contribution is 2.40. The number of carbonyl (C=O) groups excluding carboxylic acids is 1. The third kappa shape index (κ3) is 16.9. The third-order valence-corrected chi connectivity index (χ3v) is 17.1. The van der Waals surface area contributed by atoms with Crippen LogP contribution in [-0.2, 0) is 52.1 Å². The normalized spacial score (nSPS) is 16.6. The molecular weight excluding hydrogens is 1150 g/mol. The number of likely N-dealkylation sites (N-methyl/N-ethyl adjacent to an activating group) is 2. The summed E-state index contributed by atoms with van der Waals surface area (Å²) >= 11 is 29.1. The van der Waals surface area contributed by atoms with Crippen molar-refractivity contribution < 1.29 is 45.7 Å². The molecule has 75 heavy (non-hydrogen) atoms. The largest absolute Gasteiger partial charge is 0.378 e. The van der Waals surface area contributed by atoms with Gasteiger partial charge in [0, 0.05) is 94.3 Å². The number of carbonyl (C=O) groups is 1. The quantitative estimate of drug-likeness (QED) is 0.0256. The van der Waals surface area contributed by atoms with Gasteiger partial charge >= 0.3 is 0 Å². The van der Waals surface area contributed by atoms with Gasteiger partial charge in [0.25, 0.3) is 5.91 Å². The van der Waals surface area contributed by atoms with Crippen molar-refractivity contribution in [1.82, 2.24) is 29.9 Å². The van der Waals surface area contributed by atoms with Gasteiger partial charge in [-0.3, -0.25) is 10.1 Å². The maximum atomic E-state index is 13.0. The van der Waals surface area contributed by atoms with Crippen molar-refractivity contribution in [2.24, 2.45) is 0 Å². The minimum Gasteiger partial charge on any atom is -0.378 e. The second-order valence-electron chi connectivity index (χ2n) is 18.2. The summed E-state index contributed by atoms with van der Waals surface area (Å²) in [5, 5.41) is 18.9. The number of halogens is 5. The van der Waals surface area contributed by atoms with Crippen LogP contribution >= 0.6 is 62.3 Å². The third-order valence-electron chi connectivity index (χ3n) is 12.6. The van der Waals surface area contributed by atoms with E-state index in [4.69, 9.17) is 65.4 Å². The van der Waals surface area contributed by atoms with Crippen molar-refractivity contribution in [3.8, 4) is 0 Å². The molecule has 23 heteroatoms. The van der Waals surface area contributed by atoms with Gasteiger partial charge in [-0.1, -0.05) is 86.6 Å². The van der Waals surface area contributed by atoms with Crippen molar-refractivity contribution in [3.63, 3.8) is 0 Å². The van der Waals surface area contributed by atoms with Crippen LogP contribution in [0, 0.1) is 0 Å². The van der Waals surface area contributed by atoms with Crippen LogP contribution in [-0.4, -0.2) is 144 Å². The molecule has 2 heterocycles. The fraction of sp³-hybridized carbons (Fsp3) is 0.404. The Morgan fingerprint density at radius 1 is 0.613 bits per heavy atom. The number of benzene rings is 5. The van der Waals surface area contributed by atoms with E-state index in [-0.39, 0.29) is 100 Å². The van der Waals surface area contributed by atoms with Gasteiger partial charge in [0.05, 0.1) is 62.6 Å². The molecule has 5 N–H and O–H groups in total. The molecule has 2 aliphatic heterocycles. The molecule has 1 amide bonds. The van der Waals surface area contributed by atoms with Crippen molar-refractivity contribution in [2.45, 2.75) is 40.9 Å². The smallest absolute Gasteiger partial charge is 0.251 e. The molecule has 0 saturated carbocycles. The summed E-state index contributed by atoms with van der Waals surface area (Å²) in [6, 6.07) is 25.9. The first kappa shape index (κ1) is 59.4. The molecule has 3 atom stereocenters. The zero-order valence-electron chi connectivity index (χ0n) is 41.4. The van der Waals surface area contributed by atoms with Crippen LogP contribution in [0.2, 0.25) is 20.1 Å². The van der Waals surface area contributed by atoms with Gasteiger partial charge in [-0.05, 0) is 120 Å². The summed E-state index contributed by atoms with van der Waals surface area (Å²) < 4.78 is 80.0. The lowest BCUT2D eigenvalue weighted by Crippen LogP contribution is -2.31. The summed E-state index contributed by atoms with van der Waals surface area (Å²) in [7, 11) is -3.49. The van der Waals surface area contributed by atoms with Gasteiger partial charge in [-0.15, -0.1) is 0 Å². The van der Waals surface area contributed by atoms with E-state index in [0.717, 1.165) is 46.5 Å². The van der Waals surface area contributed by atoms with Crippen molar-refractivity contribution in [1.29, 1.82) is 0 Å². The number of aliphatic hydroxyl groups excluding tert-OH is 1. The molecule has 406 valence electrons. The van der Waals surface area contributed by atoms with Crippen molar-refractivity contribution in [3.05, 3.63) is 160 Å². The Balaban J connectivity index is 0.709. The summed E-state index contributed by atoms with van der Waals surface area (Å²) in [4.78, 5) is 17.6. The molecule has 0 saturated heterocycles. The molecular formula is C52H61BrCl4N6O10S2. The van der Waals surface area contributed by atoms with Gasteiger partial charge in [0.2, 0.25) is 20.0 Å². The Bertz CT molecular complexity index is 2970. The standard InChI is InChI=1S/C52H61BrCl4N6O10S2/c1-62-30-45(43-26-39(54)28-49(56)47(43)32-62)34-3-7-41(8-4-34)74(66,67)60-13-17-72-21-19-70-15-11-58-51(64)36-23-37(25-38(53)24-36)52(65)59-12-16-71-20-22-73-18-14-61-75(68,69)42-9-5-35(6-10-42)46-31-63(2)33-48-44(46)27-40(55)29-50(48)57/h3-10,23-29,45-46,51,58,60-61,64H,11-22,30-33H2,1-2H3,(H,59,65). The maximum Gasteiger partial charge on any atom is 0.251 e. The zero-order valence-corrected chi connectivity index (χ0v) is 47.7. The lowest BCUT2D eigenvalue weighted by Gasteiger charge is -2.33. The fourth-order valence-corrected chi connectivity index (χ4v) is 12.6. The summed E-state index contributed by atoms with van der Waals surface area (Å²) in [5.74, 6) is -0.371. The zero-order chi connectivity index (χ0) is 53.7. The molecule has 3 unspecified atom stereocenters. The minimum absolute atomic E-state index is 0.00718. The first-order valence-corrected chi connectivity index (χ1v) is 29.5. The molecule has 2 aliphatic rings. The molecule has 0 aliphatic carbocycles. The van der Waals surface area contributed by atoms with E-state index in [1.54, 1.807) is 54.6 Å². The van der Waals surface area contributed by atoms with E-state index in [0.29, 0.717) is 55.3 Å². The van der Waals surface area contributed by atoms with E-state index < -0.39 is 26.3 Å². The predicted molar refractivity (Wildman–Crippen MR) is 295 cm³/mol. The summed E-state index contributed by atoms with van der Waals surface area (Å²) in [5.41, 5.74) is 6.86. The van der Waals surface area contributed by atoms with Gasteiger partial charge in [-0.25, -0.2) is 26.3 Å². The van der Waals surface area contributed by atoms with Crippen LogP contribution in [0.25, 0.3) is 0 Å². The molecule has 5 aromatic carbocycles. The van der Waals surface area contributed by atoms with Crippen LogP contribution in [0.5, 0.6) is 0 Å². The predicted octanol–water partition coefficient (Wildman–Crippen LogP) is 7.55. The van der Waals surface area contributed by atoms with Crippen molar-refractivity contribution in [2.75, 3.05) is 106 Å². The minimum atomic E-state index is -3.77. The Morgan fingerprint density at radius 2 is 1.04 bits per heavy atom. The summed E-state index contributed by atoms with van der Waals surface area (Å²) in [6.07, 6.45) is -1.08. The van der Waals surface area contributed by atoms with Gasteiger partial charge in [-0.2, -0.15) is 0 Å². The van der Waals surface area contributed by atoms with Gasteiger partial charge in [0.1, 0.15) is 6.23 Å². The molecule has 5 aromatic rings. The lowest BCUT2D eigenvalue weighted by atomic mass is 9.85. The van der Waals surface area contributed by atoms with Crippen molar-refractivity contribution >= 4 is 88.3 Å². The Kier molecular flexibility index (Phi) is 22.2. The topological polar surface area (TPSA) is 197 Å². The highest BCUT2D eigenvalue weighted by molar-refractivity contribution is 9.10. The number of hydrogen-bond donors (Lipinski definition) is 5. The Morgan fingerprint density at radius 3 is 1.49 bits per heavy atom. The molecule has 0 spiro atoms. The average Bonchev–Trinajstić information content (AvgIpc) is 3.37. The van der Waals surface area contributed by atoms with E-state index in [2.05, 4.69) is 45.8 Å². The molecule has 0 fully saturated rings. The first-order valence-electron chi connectivity index (χ1n) is 24.2. The number of nitrogens with one attached hydrogen (secondary N) is 4. The van der Waals surface area contributed by atoms with E-state index >= 15 is 0 Å². The number of sulfonamides is 2. The Hall–Kier alpha value is -3.29. The number of amides is 1. The second kappa shape index (κ2) is 28.0. The van der Waals surface area contributed by atoms with E-state index in [1.165, 1.54) is 0 Å². The highest BCUT2D eigenvalue weighted by Gasteiger charge is 2.29. The van der Waals surface area contributed by atoms with Crippen LogP contribution in [0.3, 0.4) is 0 Å². The van der Waals surface area contributed by atoms with Crippen LogP contribution in [0.4, 0.5) is 0 Å². The van der Waals surface area contributed by atoms with Crippen LogP contribution in [0.1, 0.15) is 67.4 Å². The number of hydrogen-bond acceptors (Lipinski definition) is 13. The average molecular weight is 1220 g/mol. The monoisotopic (exact) mass is 1210 g/mol. The number of aliphatic hydroxyl groups is 1.